The average molecular weight is 457 g/mol. The fourth-order valence-electron chi connectivity index (χ4n) is 3.88. The third-order valence-electron chi connectivity index (χ3n) is 5.72. The smallest absolute Gasteiger partial charge is 0.193 e. The number of thiocarbonyl (C=S) groups is 1. The average Bonchev–Trinajstić information content (AvgIpc) is 2.79. The molecule has 0 fully saturated rings. The summed E-state index contributed by atoms with van der Waals surface area (Å²) >= 11 is 5.37. The summed E-state index contributed by atoms with van der Waals surface area (Å²) in [5.41, 5.74) is 4.36. The number of Topliss-reactive ketones (excluding diaryl/α,β-unsaturated/α-hetero) is 1. The molecular weight excluding hydrogens is 428 g/mol. The molecule has 0 aromatic heterocycles. The lowest BCUT2D eigenvalue weighted by Gasteiger charge is -2.30. The van der Waals surface area contributed by atoms with Crippen molar-refractivity contribution in [1.29, 1.82) is 0 Å². The van der Waals surface area contributed by atoms with Crippen LogP contribution in [0, 0.1) is 0 Å². The second kappa shape index (κ2) is 9.20. The van der Waals surface area contributed by atoms with Crippen LogP contribution in [0.5, 0.6) is 11.5 Å². The zero-order chi connectivity index (χ0) is 23.6. The largest absolute Gasteiger partial charge is 0.457 e. The van der Waals surface area contributed by atoms with E-state index in [-0.39, 0.29) is 17.2 Å². The molecule has 168 valence electrons. The van der Waals surface area contributed by atoms with Crippen LogP contribution in [0.15, 0.2) is 90.1 Å². The molecule has 1 heterocycles. The number of carbonyl (C=O) groups excluding carboxylic acids is 1. The van der Waals surface area contributed by atoms with Gasteiger partial charge in [0.25, 0.3) is 0 Å². The number of hydrogen-bond donors (Lipinski definition) is 2. The third kappa shape index (κ3) is 5.15. The van der Waals surface area contributed by atoms with Crippen LogP contribution in [-0.2, 0) is 5.41 Å². The van der Waals surface area contributed by atoms with Gasteiger partial charge >= 0.3 is 0 Å². The van der Waals surface area contributed by atoms with Crippen LogP contribution in [0.2, 0.25) is 0 Å². The highest BCUT2D eigenvalue weighted by atomic mass is 32.1. The normalized spacial score (nSPS) is 16.1. The minimum Gasteiger partial charge on any atom is -0.457 e. The van der Waals surface area contributed by atoms with Crippen LogP contribution in [0.25, 0.3) is 0 Å². The van der Waals surface area contributed by atoms with Gasteiger partial charge < -0.3 is 15.4 Å². The third-order valence-corrected chi connectivity index (χ3v) is 5.94. The molecule has 1 aliphatic rings. The molecule has 5 heteroatoms. The Morgan fingerprint density at radius 3 is 2.03 bits per heavy atom. The number of carbonyl (C=O) groups is 1. The zero-order valence-corrected chi connectivity index (χ0v) is 20.1. The maximum Gasteiger partial charge on any atom is 0.193 e. The van der Waals surface area contributed by atoms with E-state index in [1.54, 1.807) is 0 Å². The predicted octanol–water partition coefficient (Wildman–Crippen LogP) is 6.45. The summed E-state index contributed by atoms with van der Waals surface area (Å²) in [6, 6.07) is 24.9. The Hall–Kier alpha value is -3.44. The molecule has 0 amide bonds. The fourth-order valence-corrected chi connectivity index (χ4v) is 4.15. The highest BCUT2D eigenvalue weighted by Gasteiger charge is 2.30. The highest BCUT2D eigenvalue weighted by Crippen LogP contribution is 2.32. The molecule has 2 N–H and O–H groups in total. The van der Waals surface area contributed by atoms with Crippen LogP contribution in [0.3, 0.4) is 0 Å². The van der Waals surface area contributed by atoms with Gasteiger partial charge in [-0.25, -0.2) is 0 Å². The molecule has 0 bridgehead atoms. The van der Waals surface area contributed by atoms with E-state index in [9.17, 15) is 4.79 Å². The molecule has 33 heavy (non-hydrogen) atoms. The quantitative estimate of drug-likeness (QED) is 0.341. The number of benzene rings is 3. The van der Waals surface area contributed by atoms with E-state index in [1.165, 1.54) is 5.56 Å². The Balaban J connectivity index is 1.57. The van der Waals surface area contributed by atoms with Crippen molar-refractivity contribution in [3.8, 4) is 11.5 Å². The van der Waals surface area contributed by atoms with Crippen molar-refractivity contribution in [3.05, 3.63) is 107 Å². The molecule has 1 aliphatic heterocycles. The number of hydrogen-bond acceptors (Lipinski definition) is 3. The van der Waals surface area contributed by atoms with Crippen LogP contribution in [0.4, 0.5) is 0 Å². The Morgan fingerprint density at radius 2 is 1.45 bits per heavy atom. The maximum atomic E-state index is 13.3. The molecule has 4 nitrogen and oxygen atoms in total. The van der Waals surface area contributed by atoms with Crippen molar-refractivity contribution < 1.29 is 9.53 Å². The van der Waals surface area contributed by atoms with Crippen LogP contribution in [0.1, 0.15) is 55.2 Å². The Labute approximate surface area is 200 Å². The number of rotatable bonds is 5. The minimum atomic E-state index is -0.341. The first-order valence-corrected chi connectivity index (χ1v) is 11.4. The van der Waals surface area contributed by atoms with Gasteiger partial charge in [0.15, 0.2) is 10.9 Å². The number of ether oxygens (including phenoxy) is 1. The number of nitrogens with one attached hydrogen (secondary N) is 2. The monoisotopic (exact) mass is 456 g/mol. The molecule has 0 spiro atoms. The molecule has 4 rings (SSSR count). The van der Waals surface area contributed by atoms with E-state index in [4.69, 9.17) is 17.0 Å². The molecular formula is C28H28N2O2S. The van der Waals surface area contributed by atoms with Gasteiger partial charge in [0.05, 0.1) is 6.04 Å². The van der Waals surface area contributed by atoms with E-state index in [1.807, 2.05) is 73.7 Å². The van der Waals surface area contributed by atoms with Gasteiger partial charge in [-0.05, 0) is 59.9 Å². The molecule has 0 radical (unpaired) electrons. The topological polar surface area (TPSA) is 50.4 Å². The maximum absolute atomic E-state index is 13.3. The van der Waals surface area contributed by atoms with Gasteiger partial charge in [-0.3, -0.25) is 4.79 Å². The predicted molar refractivity (Wildman–Crippen MR) is 137 cm³/mol. The first kappa shape index (κ1) is 22.7. The minimum absolute atomic E-state index is 0.0279. The van der Waals surface area contributed by atoms with E-state index in [2.05, 4.69) is 43.5 Å². The first-order chi connectivity index (χ1) is 15.7. The van der Waals surface area contributed by atoms with Gasteiger partial charge in [-0.15, -0.1) is 0 Å². The number of allylic oxidation sites excluding steroid dienone is 1. The summed E-state index contributed by atoms with van der Waals surface area (Å²) in [4.78, 5) is 13.3. The van der Waals surface area contributed by atoms with E-state index < -0.39 is 0 Å². The molecule has 1 unspecified atom stereocenters. The van der Waals surface area contributed by atoms with Gasteiger partial charge in [-0.2, -0.15) is 0 Å². The van der Waals surface area contributed by atoms with Crippen molar-refractivity contribution in [3.63, 3.8) is 0 Å². The Kier molecular flexibility index (Phi) is 6.34. The fraction of sp³-hybridized carbons (Fsp3) is 0.214. The molecule has 3 aromatic rings. The molecule has 0 aliphatic carbocycles. The second-order valence-corrected chi connectivity index (χ2v) is 9.62. The summed E-state index contributed by atoms with van der Waals surface area (Å²) in [6.07, 6.45) is 0. The molecule has 0 saturated carbocycles. The molecule has 1 atom stereocenters. The first-order valence-electron chi connectivity index (χ1n) is 11.0. The SMILES string of the molecule is CC1=C(C(=O)c2ccccc2)C(c2ccc(Oc3ccc(C(C)(C)C)cc3)cc2)NC(=S)N1. The van der Waals surface area contributed by atoms with Crippen molar-refractivity contribution in [2.75, 3.05) is 0 Å². The standard InChI is InChI=1S/C28H28N2O2S/c1-18-24(26(31)20-8-6-5-7-9-20)25(30-27(33)29-18)19-10-14-22(15-11-19)32-23-16-12-21(13-17-23)28(2,3)4/h5-17,25H,1-4H3,(H2,29,30,33). The van der Waals surface area contributed by atoms with Crippen LogP contribution >= 0.6 is 12.2 Å². The lowest BCUT2D eigenvalue weighted by atomic mass is 9.87. The lowest BCUT2D eigenvalue weighted by molar-refractivity contribution is 0.102. The van der Waals surface area contributed by atoms with Crippen molar-refractivity contribution in [2.45, 2.75) is 39.2 Å². The lowest BCUT2D eigenvalue weighted by Crippen LogP contribution is -2.44. The Bertz CT molecular complexity index is 1190. The van der Waals surface area contributed by atoms with Crippen LogP contribution < -0.4 is 15.4 Å². The van der Waals surface area contributed by atoms with E-state index >= 15 is 0 Å². The second-order valence-electron chi connectivity index (χ2n) is 9.21. The van der Waals surface area contributed by atoms with Crippen LogP contribution in [-0.4, -0.2) is 10.9 Å². The van der Waals surface area contributed by atoms with Gasteiger partial charge in [0.1, 0.15) is 11.5 Å². The highest BCUT2D eigenvalue weighted by molar-refractivity contribution is 7.80. The summed E-state index contributed by atoms with van der Waals surface area (Å²) in [7, 11) is 0. The van der Waals surface area contributed by atoms with E-state index in [0.29, 0.717) is 16.2 Å². The van der Waals surface area contributed by atoms with Gasteiger partial charge in [0.2, 0.25) is 0 Å². The number of ketones is 1. The summed E-state index contributed by atoms with van der Waals surface area (Å²) in [5, 5.41) is 6.85. The van der Waals surface area contributed by atoms with Crippen molar-refractivity contribution in [1.82, 2.24) is 10.6 Å². The molecule has 3 aromatic carbocycles. The summed E-state index contributed by atoms with van der Waals surface area (Å²) < 4.78 is 6.04. The van der Waals surface area contributed by atoms with Gasteiger partial charge in [0, 0.05) is 16.8 Å². The zero-order valence-electron chi connectivity index (χ0n) is 19.3. The van der Waals surface area contributed by atoms with Crippen molar-refractivity contribution >= 4 is 23.1 Å². The van der Waals surface area contributed by atoms with Crippen molar-refractivity contribution in [2.24, 2.45) is 0 Å². The summed E-state index contributed by atoms with van der Waals surface area (Å²) in [6.45, 7) is 8.45. The van der Waals surface area contributed by atoms with Gasteiger partial charge in [-0.1, -0.05) is 75.4 Å². The molecule has 0 saturated heterocycles. The Morgan fingerprint density at radius 1 is 0.879 bits per heavy atom. The summed E-state index contributed by atoms with van der Waals surface area (Å²) in [5.74, 6) is 1.49. The van der Waals surface area contributed by atoms with E-state index in [0.717, 1.165) is 22.8 Å².